The predicted octanol–water partition coefficient (Wildman–Crippen LogP) is 1.60. The zero-order valence-electron chi connectivity index (χ0n) is 7.21. The SMILES string of the molecule is C=CC=CC(=O)N(CC)CC. The maximum absolute atomic E-state index is 11.2. The van der Waals surface area contributed by atoms with Gasteiger partial charge in [-0.2, -0.15) is 0 Å². The molecule has 0 unspecified atom stereocenters. The molecule has 0 rings (SSSR count). The van der Waals surface area contributed by atoms with E-state index in [4.69, 9.17) is 0 Å². The normalized spacial score (nSPS) is 10.0. The van der Waals surface area contributed by atoms with Crippen LogP contribution in [0.2, 0.25) is 0 Å². The largest absolute Gasteiger partial charge is 0.340 e. The first-order chi connectivity index (χ1) is 5.26. The van der Waals surface area contributed by atoms with Gasteiger partial charge in [-0.25, -0.2) is 0 Å². The topological polar surface area (TPSA) is 20.3 Å². The van der Waals surface area contributed by atoms with Crippen molar-refractivity contribution < 1.29 is 4.79 Å². The standard InChI is InChI=1S/C9H15NO/c1-4-7-8-9(11)10(5-2)6-3/h4,7-8H,1,5-6H2,2-3H3. The molecule has 62 valence electrons. The van der Waals surface area contributed by atoms with Crippen LogP contribution < -0.4 is 0 Å². The van der Waals surface area contributed by atoms with Gasteiger partial charge in [0.15, 0.2) is 0 Å². The van der Waals surface area contributed by atoms with Crippen molar-refractivity contribution in [1.29, 1.82) is 0 Å². The van der Waals surface area contributed by atoms with Crippen LogP contribution in [0.15, 0.2) is 24.8 Å². The lowest BCUT2D eigenvalue weighted by molar-refractivity contribution is -0.125. The molecule has 0 aliphatic heterocycles. The molecule has 0 spiro atoms. The number of carbonyl (C=O) groups is 1. The molecule has 0 aromatic rings. The molecule has 0 aliphatic rings. The summed E-state index contributed by atoms with van der Waals surface area (Å²) < 4.78 is 0. The van der Waals surface area contributed by atoms with Crippen LogP contribution in [0.1, 0.15) is 13.8 Å². The Bertz CT molecular complexity index is 157. The smallest absolute Gasteiger partial charge is 0.246 e. The fourth-order valence-corrected chi connectivity index (χ4v) is 0.791. The number of hydrogen-bond acceptors (Lipinski definition) is 1. The maximum atomic E-state index is 11.2. The molecule has 1 amide bonds. The van der Waals surface area contributed by atoms with Crippen molar-refractivity contribution in [3.8, 4) is 0 Å². The Labute approximate surface area is 68.2 Å². The predicted molar refractivity (Wildman–Crippen MR) is 47.3 cm³/mol. The van der Waals surface area contributed by atoms with Gasteiger partial charge in [0.2, 0.25) is 5.91 Å². The summed E-state index contributed by atoms with van der Waals surface area (Å²) in [5, 5.41) is 0. The lowest BCUT2D eigenvalue weighted by Gasteiger charge is -2.15. The molecule has 2 nitrogen and oxygen atoms in total. The van der Waals surface area contributed by atoms with Gasteiger partial charge in [0, 0.05) is 19.2 Å². The van der Waals surface area contributed by atoms with Gasteiger partial charge >= 0.3 is 0 Å². The molecule has 0 N–H and O–H groups in total. The van der Waals surface area contributed by atoms with Gasteiger partial charge in [-0.3, -0.25) is 4.79 Å². The van der Waals surface area contributed by atoms with Crippen LogP contribution in [0, 0.1) is 0 Å². The molecule has 0 atom stereocenters. The number of amides is 1. The number of carbonyl (C=O) groups excluding carboxylic acids is 1. The quantitative estimate of drug-likeness (QED) is 0.443. The summed E-state index contributed by atoms with van der Waals surface area (Å²) in [5.41, 5.74) is 0. The van der Waals surface area contributed by atoms with E-state index in [-0.39, 0.29) is 5.91 Å². The van der Waals surface area contributed by atoms with Gasteiger partial charge < -0.3 is 4.90 Å². The third kappa shape index (κ3) is 3.61. The van der Waals surface area contributed by atoms with Crippen LogP contribution in [-0.4, -0.2) is 23.9 Å². The van der Waals surface area contributed by atoms with E-state index in [1.807, 2.05) is 13.8 Å². The van der Waals surface area contributed by atoms with E-state index in [0.29, 0.717) is 0 Å². The molecule has 11 heavy (non-hydrogen) atoms. The molecule has 2 heteroatoms. The highest BCUT2D eigenvalue weighted by molar-refractivity contribution is 5.87. The summed E-state index contributed by atoms with van der Waals surface area (Å²) in [6, 6.07) is 0. The monoisotopic (exact) mass is 153 g/mol. The Balaban J connectivity index is 3.98. The van der Waals surface area contributed by atoms with Crippen LogP contribution in [0.4, 0.5) is 0 Å². The Hall–Kier alpha value is -1.05. The third-order valence-corrected chi connectivity index (χ3v) is 1.45. The van der Waals surface area contributed by atoms with Crippen LogP contribution in [-0.2, 0) is 4.79 Å². The average molecular weight is 153 g/mol. The first-order valence-electron chi connectivity index (χ1n) is 3.84. The zero-order chi connectivity index (χ0) is 8.69. The molecular weight excluding hydrogens is 138 g/mol. The Morgan fingerprint density at radius 2 is 2.00 bits per heavy atom. The molecule has 0 aliphatic carbocycles. The van der Waals surface area contributed by atoms with E-state index in [1.165, 1.54) is 6.08 Å². The van der Waals surface area contributed by atoms with E-state index in [2.05, 4.69) is 6.58 Å². The minimum absolute atomic E-state index is 0.0508. The number of allylic oxidation sites excluding steroid dienone is 2. The summed E-state index contributed by atoms with van der Waals surface area (Å²) in [5.74, 6) is 0.0508. The zero-order valence-corrected chi connectivity index (χ0v) is 7.21. The molecular formula is C9H15NO. The van der Waals surface area contributed by atoms with Crippen molar-refractivity contribution in [1.82, 2.24) is 4.90 Å². The Kier molecular flexibility index (Phi) is 5.17. The van der Waals surface area contributed by atoms with E-state index >= 15 is 0 Å². The summed E-state index contributed by atoms with van der Waals surface area (Å²) in [7, 11) is 0. The third-order valence-electron chi connectivity index (χ3n) is 1.45. The van der Waals surface area contributed by atoms with Crippen LogP contribution in [0.3, 0.4) is 0 Å². The highest BCUT2D eigenvalue weighted by Crippen LogP contribution is 1.89. The number of hydrogen-bond donors (Lipinski definition) is 0. The van der Waals surface area contributed by atoms with Crippen molar-refractivity contribution in [2.24, 2.45) is 0 Å². The summed E-state index contributed by atoms with van der Waals surface area (Å²) >= 11 is 0. The minimum atomic E-state index is 0.0508. The van der Waals surface area contributed by atoms with Gasteiger partial charge in [-0.1, -0.05) is 18.7 Å². The van der Waals surface area contributed by atoms with E-state index in [0.717, 1.165) is 13.1 Å². The number of likely N-dealkylation sites (N-methyl/N-ethyl adjacent to an activating group) is 1. The Morgan fingerprint density at radius 3 is 2.36 bits per heavy atom. The summed E-state index contributed by atoms with van der Waals surface area (Å²) in [6.45, 7) is 8.93. The van der Waals surface area contributed by atoms with Gasteiger partial charge in [-0.05, 0) is 13.8 Å². The van der Waals surface area contributed by atoms with Crippen LogP contribution >= 0.6 is 0 Å². The lowest BCUT2D eigenvalue weighted by atomic mass is 10.4. The maximum Gasteiger partial charge on any atom is 0.246 e. The van der Waals surface area contributed by atoms with Gasteiger partial charge in [0.05, 0.1) is 0 Å². The second-order valence-corrected chi connectivity index (χ2v) is 2.11. The molecule has 0 saturated heterocycles. The Morgan fingerprint density at radius 1 is 1.45 bits per heavy atom. The highest BCUT2D eigenvalue weighted by atomic mass is 16.2. The summed E-state index contributed by atoms with van der Waals surface area (Å²) in [4.78, 5) is 12.9. The van der Waals surface area contributed by atoms with Gasteiger partial charge in [0.25, 0.3) is 0 Å². The van der Waals surface area contributed by atoms with E-state index < -0.39 is 0 Å². The van der Waals surface area contributed by atoms with E-state index in [1.54, 1.807) is 17.1 Å². The average Bonchev–Trinajstić information content (AvgIpc) is 2.03. The fraction of sp³-hybridized carbons (Fsp3) is 0.444. The molecule has 0 fully saturated rings. The molecule has 0 radical (unpaired) electrons. The van der Waals surface area contributed by atoms with Crippen LogP contribution in [0.25, 0.3) is 0 Å². The van der Waals surface area contributed by atoms with Gasteiger partial charge in [0.1, 0.15) is 0 Å². The van der Waals surface area contributed by atoms with Crippen molar-refractivity contribution in [3.05, 3.63) is 24.8 Å². The fourth-order valence-electron chi connectivity index (χ4n) is 0.791. The second kappa shape index (κ2) is 5.71. The first-order valence-corrected chi connectivity index (χ1v) is 3.84. The van der Waals surface area contributed by atoms with Crippen molar-refractivity contribution in [2.75, 3.05) is 13.1 Å². The van der Waals surface area contributed by atoms with Crippen LogP contribution in [0.5, 0.6) is 0 Å². The minimum Gasteiger partial charge on any atom is -0.340 e. The molecule has 0 aromatic carbocycles. The van der Waals surface area contributed by atoms with E-state index in [9.17, 15) is 4.79 Å². The highest BCUT2D eigenvalue weighted by Gasteiger charge is 2.02. The molecule has 0 bridgehead atoms. The summed E-state index contributed by atoms with van der Waals surface area (Å²) in [6.07, 6.45) is 4.78. The van der Waals surface area contributed by atoms with Crippen molar-refractivity contribution >= 4 is 5.91 Å². The molecule has 0 aromatic heterocycles. The number of nitrogens with zero attached hydrogens (tertiary/aromatic N) is 1. The van der Waals surface area contributed by atoms with Crippen molar-refractivity contribution in [3.63, 3.8) is 0 Å². The molecule has 0 heterocycles. The first kappa shape index (κ1) is 9.95. The van der Waals surface area contributed by atoms with Crippen molar-refractivity contribution in [2.45, 2.75) is 13.8 Å². The lowest BCUT2D eigenvalue weighted by Crippen LogP contribution is -2.28. The number of rotatable bonds is 4. The molecule has 0 saturated carbocycles. The van der Waals surface area contributed by atoms with Gasteiger partial charge in [-0.15, -0.1) is 0 Å². The second-order valence-electron chi connectivity index (χ2n) is 2.11.